The summed E-state index contributed by atoms with van der Waals surface area (Å²) in [5.74, 6) is 0. The van der Waals surface area contributed by atoms with Gasteiger partial charge in [-0.2, -0.15) is 8.42 Å². The summed E-state index contributed by atoms with van der Waals surface area (Å²) in [4.78, 5) is 0. The lowest BCUT2D eigenvalue weighted by atomic mass is 9.99. The van der Waals surface area contributed by atoms with E-state index in [0.29, 0.717) is 25.3 Å². The van der Waals surface area contributed by atoms with E-state index in [9.17, 15) is 13.0 Å². The van der Waals surface area contributed by atoms with Crippen LogP contribution in [0.5, 0.6) is 0 Å². The minimum atomic E-state index is -3.61. The van der Waals surface area contributed by atoms with Crippen LogP contribution in [0.1, 0.15) is 33.1 Å². The molecule has 21 heavy (non-hydrogen) atoms. The highest BCUT2D eigenvalue weighted by molar-refractivity contribution is 7.85. The summed E-state index contributed by atoms with van der Waals surface area (Å²) >= 11 is 0. The van der Waals surface area contributed by atoms with Crippen LogP contribution in [0.2, 0.25) is 0 Å². The molecular formula is C12H22NO6PS. The van der Waals surface area contributed by atoms with Gasteiger partial charge in [-0.3, -0.25) is 8.85 Å². The molecule has 0 N–H and O–H groups in total. The van der Waals surface area contributed by atoms with E-state index in [0.717, 1.165) is 24.7 Å². The molecule has 0 aromatic carbocycles. The molecule has 0 atom stereocenters. The number of hydrogen-bond donors (Lipinski definition) is 0. The molecule has 0 unspecified atom stereocenters. The summed E-state index contributed by atoms with van der Waals surface area (Å²) < 4.78 is 49.2. The van der Waals surface area contributed by atoms with Crippen molar-refractivity contribution >= 4 is 23.4 Å². The van der Waals surface area contributed by atoms with Crippen LogP contribution >= 0.6 is 7.60 Å². The zero-order valence-electron chi connectivity index (χ0n) is 12.6. The predicted molar refractivity (Wildman–Crippen MR) is 81.0 cm³/mol. The fraction of sp³-hybridized carbons (Fsp3) is 0.750. The van der Waals surface area contributed by atoms with Crippen LogP contribution in [0.3, 0.4) is 0 Å². The van der Waals surface area contributed by atoms with Crippen molar-refractivity contribution in [3.05, 3.63) is 11.6 Å². The summed E-state index contributed by atoms with van der Waals surface area (Å²) in [5.41, 5.74) is 1.38. The summed E-state index contributed by atoms with van der Waals surface area (Å²) in [6, 6.07) is 0. The molecular weight excluding hydrogens is 317 g/mol. The van der Waals surface area contributed by atoms with E-state index in [1.165, 1.54) is 0 Å². The molecule has 0 aromatic heterocycles. The Hall–Kier alpha value is -0.690. The van der Waals surface area contributed by atoms with Gasteiger partial charge in [-0.15, -0.1) is 0 Å². The number of oxime groups is 1. The van der Waals surface area contributed by atoms with Gasteiger partial charge in [0.05, 0.1) is 31.3 Å². The van der Waals surface area contributed by atoms with Gasteiger partial charge in [0.15, 0.2) is 0 Å². The Morgan fingerprint density at radius 2 is 1.86 bits per heavy atom. The van der Waals surface area contributed by atoms with Gasteiger partial charge in [-0.05, 0) is 39.2 Å². The van der Waals surface area contributed by atoms with Gasteiger partial charge in [0, 0.05) is 0 Å². The highest BCUT2D eigenvalue weighted by atomic mass is 32.2. The number of hydrogen-bond acceptors (Lipinski definition) is 7. The van der Waals surface area contributed by atoms with Crippen molar-refractivity contribution in [1.82, 2.24) is 0 Å². The fourth-order valence-electron chi connectivity index (χ4n) is 1.96. The molecule has 0 aromatic rings. The zero-order chi connectivity index (χ0) is 15.9. The summed E-state index contributed by atoms with van der Waals surface area (Å²) in [5, 5.41) is 3.61. The largest absolute Gasteiger partial charge is 0.334 e. The Morgan fingerprint density at radius 3 is 2.38 bits per heavy atom. The first-order chi connectivity index (χ1) is 9.78. The Morgan fingerprint density at radius 1 is 1.24 bits per heavy atom. The molecule has 122 valence electrons. The molecule has 0 bridgehead atoms. The van der Waals surface area contributed by atoms with Crippen LogP contribution < -0.4 is 0 Å². The van der Waals surface area contributed by atoms with E-state index in [1.807, 2.05) is 0 Å². The highest BCUT2D eigenvalue weighted by Gasteiger charge is 2.26. The lowest BCUT2D eigenvalue weighted by Gasteiger charge is -2.20. The average Bonchev–Trinajstić information content (AvgIpc) is 2.36. The topological polar surface area (TPSA) is 91.3 Å². The van der Waals surface area contributed by atoms with Crippen LogP contribution in [0.25, 0.3) is 0 Å². The average molecular weight is 339 g/mol. The van der Waals surface area contributed by atoms with E-state index < -0.39 is 17.7 Å². The van der Waals surface area contributed by atoms with Gasteiger partial charge in [-0.25, -0.2) is 0 Å². The normalized spacial score (nSPS) is 18.6. The van der Waals surface area contributed by atoms with Crippen LogP contribution in [-0.2, 0) is 28.0 Å². The lowest BCUT2D eigenvalue weighted by molar-refractivity contribution is 0.222. The first-order valence-corrected chi connectivity index (χ1v) is 10.4. The Kier molecular flexibility index (Phi) is 7.06. The molecule has 1 aliphatic rings. The third kappa shape index (κ3) is 7.22. The summed E-state index contributed by atoms with van der Waals surface area (Å²) in [6.07, 6.45) is 4.99. The molecule has 0 spiro atoms. The maximum atomic E-state index is 12.5. The molecule has 7 nitrogen and oxygen atoms in total. The molecule has 1 aliphatic carbocycles. The summed E-state index contributed by atoms with van der Waals surface area (Å²) in [6.45, 7) is 4.13. The Bertz CT molecular complexity index is 544. The maximum Gasteiger partial charge on any atom is 0.334 e. The summed E-state index contributed by atoms with van der Waals surface area (Å²) in [7, 11) is -6.76. The van der Waals surface area contributed by atoms with Gasteiger partial charge in [0.25, 0.3) is 0 Å². The lowest BCUT2D eigenvalue weighted by Crippen LogP contribution is -2.10. The van der Waals surface area contributed by atoms with E-state index in [4.69, 9.17) is 9.05 Å². The van der Waals surface area contributed by atoms with E-state index in [1.54, 1.807) is 19.9 Å². The second-order valence-corrected chi connectivity index (χ2v) is 8.23. The number of nitrogens with zero attached hydrogens (tertiary/aromatic N) is 1. The quantitative estimate of drug-likeness (QED) is 0.499. The molecule has 0 fully saturated rings. The third-order valence-electron chi connectivity index (χ3n) is 2.64. The molecule has 0 amide bonds. The van der Waals surface area contributed by atoms with Crippen molar-refractivity contribution in [2.75, 3.05) is 25.6 Å². The minimum Gasteiger partial charge on any atom is -0.309 e. The molecule has 0 saturated carbocycles. The first kappa shape index (κ1) is 18.4. The molecule has 0 heterocycles. The molecule has 9 heteroatoms. The van der Waals surface area contributed by atoms with Crippen molar-refractivity contribution in [2.45, 2.75) is 33.1 Å². The fourth-order valence-corrected chi connectivity index (χ4v) is 3.98. The van der Waals surface area contributed by atoms with Crippen molar-refractivity contribution in [1.29, 1.82) is 0 Å². The van der Waals surface area contributed by atoms with Crippen molar-refractivity contribution in [3.63, 3.8) is 0 Å². The zero-order valence-corrected chi connectivity index (χ0v) is 14.3. The maximum absolute atomic E-state index is 12.5. The van der Waals surface area contributed by atoms with Crippen molar-refractivity contribution in [3.8, 4) is 0 Å². The van der Waals surface area contributed by atoms with Gasteiger partial charge >= 0.3 is 17.7 Å². The van der Waals surface area contributed by atoms with Gasteiger partial charge < -0.3 is 9.05 Å². The number of allylic oxidation sites excluding steroid dienone is 2. The predicted octanol–water partition coefficient (Wildman–Crippen LogP) is 2.70. The minimum absolute atomic E-state index is 0.187. The monoisotopic (exact) mass is 339 g/mol. The van der Waals surface area contributed by atoms with Gasteiger partial charge in [0.2, 0.25) is 0 Å². The number of rotatable bonds is 8. The van der Waals surface area contributed by atoms with Crippen molar-refractivity contribution in [2.24, 2.45) is 5.16 Å². The first-order valence-electron chi connectivity index (χ1n) is 6.81. The van der Waals surface area contributed by atoms with Crippen LogP contribution in [-0.4, -0.2) is 39.8 Å². The van der Waals surface area contributed by atoms with Gasteiger partial charge in [0.1, 0.15) is 0 Å². The van der Waals surface area contributed by atoms with Crippen LogP contribution in [0.15, 0.2) is 16.8 Å². The van der Waals surface area contributed by atoms with Crippen molar-refractivity contribution < 1.29 is 26.3 Å². The second kappa shape index (κ2) is 8.08. The second-order valence-electron chi connectivity index (χ2n) is 4.62. The molecule has 1 rings (SSSR count). The van der Waals surface area contributed by atoms with E-state index >= 15 is 0 Å². The van der Waals surface area contributed by atoms with Gasteiger partial charge in [-0.1, -0.05) is 10.7 Å². The van der Waals surface area contributed by atoms with Crippen LogP contribution in [0, 0.1) is 0 Å². The standard InChI is InChI=1S/C12H22NO6PS/c1-4-17-20(14,18-5-2)10-11-7-6-8-12(9-11)13-19-21(3,15)16/h9H,4-8,10H2,1-3H3/b13-12+. The smallest absolute Gasteiger partial charge is 0.309 e. The highest BCUT2D eigenvalue weighted by Crippen LogP contribution is 2.50. The molecule has 0 saturated heterocycles. The van der Waals surface area contributed by atoms with E-state index in [-0.39, 0.29) is 6.16 Å². The third-order valence-corrected chi connectivity index (χ3v) is 5.08. The van der Waals surface area contributed by atoms with E-state index in [2.05, 4.69) is 9.44 Å². The Labute approximate surface area is 126 Å². The SMILES string of the molecule is CCOP(=O)(CC1=C/C(=N/OS(C)(=O)=O)CCC1)OCC. The molecule has 0 aliphatic heterocycles. The molecule has 0 radical (unpaired) electrons. The van der Waals surface area contributed by atoms with Crippen LogP contribution in [0.4, 0.5) is 0 Å². The Balaban J connectivity index is 2.82.